The molecule has 2 saturated heterocycles. The van der Waals surface area contributed by atoms with Crippen LogP contribution < -0.4 is 14.2 Å². The smallest absolute Gasteiger partial charge is 0.224 e. The molecule has 8 heteroatoms. The summed E-state index contributed by atoms with van der Waals surface area (Å²) >= 11 is 0. The molecule has 37 heavy (non-hydrogen) atoms. The largest absolute Gasteiger partial charge is 0.493 e. The lowest BCUT2D eigenvalue weighted by atomic mass is 9.77. The number of aromatic amines is 1. The number of piperidine rings is 1. The zero-order valence-electron chi connectivity index (χ0n) is 22.0. The molecule has 3 aromatic rings. The summed E-state index contributed by atoms with van der Waals surface area (Å²) in [5.74, 6) is 2.36. The van der Waals surface area contributed by atoms with E-state index in [1.807, 2.05) is 37.3 Å². The standard InChI is InChI=1S/C29H36N4O4/c1-20-14-21-15-22(6-7-24(21)32-20)37-28(31-3)23-16-26(34-4)27(17-25(23)30-2)36-13-5-10-33-11-8-29(9-12-33)18-35-19-29/h6-7,14-17,32H,2,5,8-13,18-19H2,1,3-4H3/b31-28+. The number of hydrogen-bond acceptors (Lipinski definition) is 7. The zero-order chi connectivity index (χ0) is 25.8. The minimum absolute atomic E-state index is 0.429. The number of aryl methyl sites for hydroxylation is 1. The van der Waals surface area contributed by atoms with Crippen molar-refractivity contribution >= 4 is 29.2 Å². The monoisotopic (exact) mass is 504 g/mol. The van der Waals surface area contributed by atoms with Gasteiger partial charge >= 0.3 is 0 Å². The van der Waals surface area contributed by atoms with Gasteiger partial charge in [-0.25, -0.2) is 0 Å². The van der Waals surface area contributed by atoms with Gasteiger partial charge in [0.05, 0.1) is 38.2 Å². The predicted octanol–water partition coefficient (Wildman–Crippen LogP) is 5.15. The summed E-state index contributed by atoms with van der Waals surface area (Å²) in [6.45, 7) is 11.6. The third-order valence-corrected chi connectivity index (χ3v) is 7.44. The van der Waals surface area contributed by atoms with Crippen LogP contribution in [0, 0.1) is 12.3 Å². The number of nitrogens with one attached hydrogen (secondary N) is 1. The van der Waals surface area contributed by atoms with Crippen molar-refractivity contribution in [3.8, 4) is 17.2 Å². The van der Waals surface area contributed by atoms with E-state index in [9.17, 15) is 0 Å². The highest BCUT2D eigenvalue weighted by Gasteiger charge is 2.40. The normalized spacial score (nSPS) is 17.5. The van der Waals surface area contributed by atoms with Gasteiger partial charge < -0.3 is 28.8 Å². The molecule has 0 radical (unpaired) electrons. The third-order valence-electron chi connectivity index (χ3n) is 7.44. The van der Waals surface area contributed by atoms with Crippen molar-refractivity contribution in [1.29, 1.82) is 0 Å². The predicted molar refractivity (Wildman–Crippen MR) is 147 cm³/mol. The second kappa shape index (κ2) is 10.9. The number of H-pyrrole nitrogens is 1. The second-order valence-corrected chi connectivity index (χ2v) is 10.0. The van der Waals surface area contributed by atoms with E-state index in [2.05, 4.69) is 32.7 Å². The van der Waals surface area contributed by atoms with E-state index in [1.165, 1.54) is 12.8 Å². The SMILES string of the molecule is C=Nc1cc(OCCCN2CCC3(CC2)COC3)c(OC)cc1/C(=N\C)Oc1ccc2[nH]c(C)cc2c1. The first kappa shape index (κ1) is 25.3. The highest BCUT2D eigenvalue weighted by molar-refractivity contribution is 6.01. The van der Waals surface area contributed by atoms with Crippen LogP contribution in [0.4, 0.5) is 5.69 Å². The number of ether oxygens (including phenoxy) is 4. The van der Waals surface area contributed by atoms with Crippen LogP contribution in [0.5, 0.6) is 17.2 Å². The van der Waals surface area contributed by atoms with E-state index in [4.69, 9.17) is 18.9 Å². The maximum atomic E-state index is 6.18. The van der Waals surface area contributed by atoms with Crippen molar-refractivity contribution in [1.82, 2.24) is 9.88 Å². The van der Waals surface area contributed by atoms with Crippen LogP contribution in [0.2, 0.25) is 0 Å². The number of methoxy groups -OCH3 is 1. The molecular formula is C29H36N4O4. The van der Waals surface area contributed by atoms with E-state index < -0.39 is 0 Å². The Balaban J connectivity index is 1.23. The Hall–Kier alpha value is -3.36. The molecule has 0 saturated carbocycles. The molecule has 1 spiro atoms. The molecule has 0 unspecified atom stereocenters. The summed E-state index contributed by atoms with van der Waals surface area (Å²) in [5.41, 5.74) is 3.94. The summed E-state index contributed by atoms with van der Waals surface area (Å²) in [4.78, 5) is 14.5. The Bertz CT molecular complexity index is 1280. The minimum atomic E-state index is 0.429. The van der Waals surface area contributed by atoms with Gasteiger partial charge in [0, 0.05) is 41.7 Å². The van der Waals surface area contributed by atoms with E-state index in [-0.39, 0.29) is 0 Å². The maximum Gasteiger partial charge on any atom is 0.224 e. The first-order valence-corrected chi connectivity index (χ1v) is 12.9. The van der Waals surface area contributed by atoms with Gasteiger partial charge in [0.15, 0.2) is 11.5 Å². The topological polar surface area (TPSA) is 80.7 Å². The van der Waals surface area contributed by atoms with Crippen molar-refractivity contribution in [2.75, 3.05) is 53.6 Å². The first-order valence-electron chi connectivity index (χ1n) is 12.9. The summed E-state index contributed by atoms with van der Waals surface area (Å²) in [6, 6.07) is 11.7. The van der Waals surface area contributed by atoms with Crippen molar-refractivity contribution in [2.24, 2.45) is 15.4 Å². The highest BCUT2D eigenvalue weighted by Crippen LogP contribution is 2.39. The fraction of sp³-hybridized carbons (Fsp3) is 0.448. The number of aliphatic imine (C=N–C) groups is 2. The lowest BCUT2D eigenvalue weighted by Crippen LogP contribution is -2.51. The van der Waals surface area contributed by atoms with E-state index in [0.29, 0.717) is 46.4 Å². The molecule has 0 atom stereocenters. The summed E-state index contributed by atoms with van der Waals surface area (Å²) in [6.07, 6.45) is 3.41. The Morgan fingerprint density at radius 1 is 1.14 bits per heavy atom. The first-order chi connectivity index (χ1) is 18.0. The van der Waals surface area contributed by atoms with Crippen LogP contribution in [0.1, 0.15) is 30.5 Å². The van der Waals surface area contributed by atoms with Gasteiger partial charge in [0.2, 0.25) is 5.90 Å². The van der Waals surface area contributed by atoms with Crippen LogP contribution in [-0.4, -0.2) is 76.1 Å². The summed E-state index contributed by atoms with van der Waals surface area (Å²) in [7, 11) is 3.32. The molecule has 2 fully saturated rings. The molecule has 3 heterocycles. The average molecular weight is 505 g/mol. The number of benzene rings is 2. The lowest BCUT2D eigenvalue weighted by Gasteiger charge is -2.47. The zero-order valence-corrected chi connectivity index (χ0v) is 22.0. The van der Waals surface area contributed by atoms with Crippen LogP contribution in [0.15, 0.2) is 46.4 Å². The van der Waals surface area contributed by atoms with Gasteiger partial charge in [-0.2, -0.15) is 0 Å². The van der Waals surface area contributed by atoms with Crippen LogP contribution in [0.25, 0.3) is 10.9 Å². The van der Waals surface area contributed by atoms with Crippen LogP contribution in [-0.2, 0) is 4.74 Å². The molecule has 2 aliphatic heterocycles. The Morgan fingerprint density at radius 2 is 1.95 bits per heavy atom. The number of aromatic nitrogens is 1. The molecule has 0 bridgehead atoms. The Morgan fingerprint density at radius 3 is 2.62 bits per heavy atom. The molecule has 0 aliphatic carbocycles. The Kier molecular flexibility index (Phi) is 7.48. The molecule has 1 aromatic heterocycles. The van der Waals surface area contributed by atoms with Gasteiger partial charge in [-0.05, 0) is 76.3 Å². The van der Waals surface area contributed by atoms with Crippen LogP contribution in [0.3, 0.4) is 0 Å². The molecule has 0 amide bonds. The average Bonchev–Trinajstić information content (AvgIpc) is 3.28. The fourth-order valence-electron chi connectivity index (χ4n) is 5.18. The maximum absolute atomic E-state index is 6.18. The quantitative estimate of drug-likeness (QED) is 0.248. The number of nitrogens with zero attached hydrogens (tertiary/aromatic N) is 3. The van der Waals surface area contributed by atoms with Gasteiger partial charge in [0.25, 0.3) is 0 Å². The summed E-state index contributed by atoms with van der Waals surface area (Å²) in [5, 5.41) is 1.08. The number of fused-ring (bicyclic) bond motifs is 1. The molecule has 2 aliphatic rings. The fourth-order valence-corrected chi connectivity index (χ4v) is 5.18. The van der Waals surface area contributed by atoms with E-state index in [0.717, 1.165) is 55.9 Å². The van der Waals surface area contributed by atoms with Crippen molar-refractivity contribution < 1.29 is 18.9 Å². The van der Waals surface area contributed by atoms with Crippen molar-refractivity contribution in [3.05, 3.63) is 47.7 Å². The molecule has 8 nitrogen and oxygen atoms in total. The summed E-state index contributed by atoms with van der Waals surface area (Å²) < 4.78 is 23.4. The number of rotatable bonds is 9. The molecule has 2 aromatic carbocycles. The van der Waals surface area contributed by atoms with E-state index >= 15 is 0 Å². The van der Waals surface area contributed by atoms with Crippen LogP contribution >= 0.6 is 0 Å². The molecule has 1 N–H and O–H groups in total. The van der Waals surface area contributed by atoms with Crippen molar-refractivity contribution in [2.45, 2.75) is 26.2 Å². The third kappa shape index (κ3) is 5.50. The van der Waals surface area contributed by atoms with Gasteiger partial charge in [0.1, 0.15) is 5.75 Å². The van der Waals surface area contributed by atoms with Gasteiger partial charge in [-0.3, -0.25) is 9.98 Å². The second-order valence-electron chi connectivity index (χ2n) is 10.0. The number of hydrogen-bond donors (Lipinski definition) is 1. The minimum Gasteiger partial charge on any atom is -0.493 e. The van der Waals surface area contributed by atoms with Gasteiger partial charge in [-0.15, -0.1) is 0 Å². The van der Waals surface area contributed by atoms with E-state index in [1.54, 1.807) is 14.2 Å². The van der Waals surface area contributed by atoms with Crippen molar-refractivity contribution in [3.63, 3.8) is 0 Å². The lowest BCUT2D eigenvalue weighted by molar-refractivity contribution is -0.139. The molecule has 196 valence electrons. The van der Waals surface area contributed by atoms with Gasteiger partial charge in [-0.1, -0.05) is 0 Å². The molecule has 5 rings (SSSR count). The molecular weight excluding hydrogens is 468 g/mol. The highest BCUT2D eigenvalue weighted by atomic mass is 16.5. The number of likely N-dealkylation sites (tertiary alicyclic amines) is 1. The Labute approximate surface area is 218 Å².